The Labute approximate surface area is 83.3 Å². The van der Waals surface area contributed by atoms with Gasteiger partial charge in [-0.25, -0.2) is 8.78 Å². The van der Waals surface area contributed by atoms with Gasteiger partial charge in [0.2, 0.25) is 0 Å². The summed E-state index contributed by atoms with van der Waals surface area (Å²) in [6.45, 7) is -0.278. The molecule has 0 spiro atoms. The van der Waals surface area contributed by atoms with Gasteiger partial charge in [-0.2, -0.15) is 0 Å². The smallest absolute Gasteiger partial charge is 0.261 e. The highest BCUT2D eigenvalue weighted by molar-refractivity contribution is 4.74. The second-order valence-electron chi connectivity index (χ2n) is 3.87. The summed E-state index contributed by atoms with van der Waals surface area (Å²) in [7, 11) is 0. The Morgan fingerprint density at radius 1 is 1.29 bits per heavy atom. The van der Waals surface area contributed by atoms with Crippen molar-refractivity contribution < 1.29 is 18.6 Å². The van der Waals surface area contributed by atoms with Gasteiger partial charge in [-0.1, -0.05) is 12.8 Å². The van der Waals surface area contributed by atoms with Gasteiger partial charge in [0.05, 0.1) is 6.10 Å². The summed E-state index contributed by atoms with van der Waals surface area (Å²) in [6, 6.07) is 0. The molecule has 0 radical (unpaired) electrons. The van der Waals surface area contributed by atoms with Crippen LogP contribution in [0.15, 0.2) is 0 Å². The first-order valence-electron chi connectivity index (χ1n) is 5.24. The number of ether oxygens (including phenoxy) is 1. The van der Waals surface area contributed by atoms with Gasteiger partial charge in [-0.05, 0) is 25.2 Å². The summed E-state index contributed by atoms with van der Waals surface area (Å²) in [4.78, 5) is 0. The monoisotopic (exact) mass is 208 g/mol. The average Bonchev–Trinajstić information content (AvgIpc) is 2.64. The van der Waals surface area contributed by atoms with E-state index >= 15 is 0 Å². The second kappa shape index (κ2) is 6.30. The first kappa shape index (κ1) is 11.9. The minimum absolute atomic E-state index is 0.238. The van der Waals surface area contributed by atoms with Crippen LogP contribution in [-0.2, 0) is 4.74 Å². The molecule has 0 amide bonds. The zero-order valence-electron chi connectivity index (χ0n) is 8.29. The summed E-state index contributed by atoms with van der Waals surface area (Å²) >= 11 is 0. The van der Waals surface area contributed by atoms with Crippen molar-refractivity contribution in [2.45, 2.75) is 44.6 Å². The predicted octanol–water partition coefficient (Wildman–Crippen LogP) is 2.21. The maximum absolute atomic E-state index is 11.7. The molecule has 1 fully saturated rings. The van der Waals surface area contributed by atoms with Crippen LogP contribution in [0.2, 0.25) is 0 Å². The van der Waals surface area contributed by atoms with E-state index in [1.165, 1.54) is 12.8 Å². The average molecular weight is 208 g/mol. The third-order valence-corrected chi connectivity index (χ3v) is 2.75. The topological polar surface area (TPSA) is 29.5 Å². The molecule has 1 rings (SSSR count). The molecule has 14 heavy (non-hydrogen) atoms. The molecule has 2 nitrogen and oxygen atoms in total. The van der Waals surface area contributed by atoms with E-state index in [-0.39, 0.29) is 12.7 Å². The fourth-order valence-corrected chi connectivity index (χ4v) is 1.95. The van der Waals surface area contributed by atoms with E-state index in [9.17, 15) is 13.9 Å². The SMILES string of the molecule is OC(CCOCC(F)F)C1CCCC1. The second-order valence-corrected chi connectivity index (χ2v) is 3.87. The van der Waals surface area contributed by atoms with Crippen LogP contribution in [0.3, 0.4) is 0 Å². The molecule has 0 aliphatic heterocycles. The normalized spacial score (nSPS) is 20.6. The summed E-state index contributed by atoms with van der Waals surface area (Å²) in [5.41, 5.74) is 0. The van der Waals surface area contributed by atoms with Crippen molar-refractivity contribution in [2.75, 3.05) is 13.2 Å². The summed E-state index contributed by atoms with van der Waals surface area (Å²) in [5.74, 6) is 0.366. The molecule has 0 aromatic carbocycles. The molecule has 1 aliphatic rings. The summed E-state index contributed by atoms with van der Waals surface area (Å²) in [5, 5.41) is 9.65. The number of aliphatic hydroxyl groups excluding tert-OH is 1. The maximum Gasteiger partial charge on any atom is 0.261 e. The standard InChI is InChI=1S/C10H18F2O2/c11-10(12)7-14-6-5-9(13)8-3-1-2-4-8/h8-10,13H,1-7H2. The Morgan fingerprint density at radius 3 is 2.50 bits per heavy atom. The van der Waals surface area contributed by atoms with E-state index in [1.807, 2.05) is 0 Å². The third-order valence-electron chi connectivity index (χ3n) is 2.75. The van der Waals surface area contributed by atoms with Gasteiger partial charge in [-0.15, -0.1) is 0 Å². The van der Waals surface area contributed by atoms with Gasteiger partial charge in [-0.3, -0.25) is 0 Å². The van der Waals surface area contributed by atoms with Crippen molar-refractivity contribution in [3.8, 4) is 0 Å². The largest absolute Gasteiger partial charge is 0.393 e. The number of halogens is 2. The van der Waals surface area contributed by atoms with Gasteiger partial charge < -0.3 is 9.84 Å². The number of hydrogen-bond donors (Lipinski definition) is 1. The van der Waals surface area contributed by atoms with E-state index in [0.29, 0.717) is 12.3 Å². The Kier molecular flexibility index (Phi) is 5.33. The Morgan fingerprint density at radius 2 is 1.93 bits per heavy atom. The lowest BCUT2D eigenvalue weighted by Gasteiger charge is -2.17. The minimum Gasteiger partial charge on any atom is -0.393 e. The minimum atomic E-state index is -2.40. The van der Waals surface area contributed by atoms with Crippen LogP contribution < -0.4 is 0 Å². The van der Waals surface area contributed by atoms with Crippen LogP contribution in [0.4, 0.5) is 8.78 Å². The fraction of sp³-hybridized carbons (Fsp3) is 1.00. The molecule has 0 saturated heterocycles. The fourth-order valence-electron chi connectivity index (χ4n) is 1.95. The zero-order chi connectivity index (χ0) is 10.4. The highest BCUT2D eigenvalue weighted by atomic mass is 19.3. The van der Waals surface area contributed by atoms with Crippen molar-refractivity contribution in [3.05, 3.63) is 0 Å². The summed E-state index contributed by atoms with van der Waals surface area (Å²) in [6.07, 6.45) is 2.21. The van der Waals surface area contributed by atoms with E-state index in [0.717, 1.165) is 12.8 Å². The van der Waals surface area contributed by atoms with Crippen LogP contribution in [-0.4, -0.2) is 30.8 Å². The predicted molar refractivity (Wildman–Crippen MR) is 49.4 cm³/mol. The van der Waals surface area contributed by atoms with Crippen molar-refractivity contribution in [1.29, 1.82) is 0 Å². The van der Waals surface area contributed by atoms with Gasteiger partial charge in [0.1, 0.15) is 6.61 Å². The zero-order valence-corrected chi connectivity index (χ0v) is 8.29. The molecule has 0 heterocycles. The molecule has 0 aromatic rings. The lowest BCUT2D eigenvalue weighted by Crippen LogP contribution is -2.20. The van der Waals surface area contributed by atoms with Crippen LogP contribution in [0.25, 0.3) is 0 Å². The third kappa shape index (κ3) is 4.33. The molecular weight excluding hydrogens is 190 g/mol. The molecule has 84 valence electrons. The highest BCUT2D eigenvalue weighted by Crippen LogP contribution is 2.28. The Balaban J connectivity index is 1.99. The van der Waals surface area contributed by atoms with E-state index in [1.54, 1.807) is 0 Å². The molecular formula is C10H18F2O2. The van der Waals surface area contributed by atoms with Crippen LogP contribution >= 0.6 is 0 Å². The lowest BCUT2D eigenvalue weighted by molar-refractivity contribution is -0.00230. The molecule has 1 aliphatic carbocycles. The van der Waals surface area contributed by atoms with Gasteiger partial charge in [0, 0.05) is 6.61 Å². The maximum atomic E-state index is 11.7. The molecule has 0 bridgehead atoms. The summed E-state index contributed by atoms with van der Waals surface area (Å²) < 4.78 is 28.1. The quantitative estimate of drug-likeness (QED) is 0.678. The van der Waals surface area contributed by atoms with E-state index in [4.69, 9.17) is 4.74 Å². The number of rotatable bonds is 6. The van der Waals surface area contributed by atoms with Gasteiger partial charge >= 0.3 is 0 Å². The van der Waals surface area contributed by atoms with E-state index in [2.05, 4.69) is 0 Å². The number of hydrogen-bond acceptors (Lipinski definition) is 2. The van der Waals surface area contributed by atoms with Gasteiger partial charge in [0.15, 0.2) is 0 Å². The van der Waals surface area contributed by atoms with Crippen molar-refractivity contribution >= 4 is 0 Å². The lowest BCUT2D eigenvalue weighted by atomic mass is 9.99. The van der Waals surface area contributed by atoms with Crippen LogP contribution in [0.5, 0.6) is 0 Å². The van der Waals surface area contributed by atoms with Crippen molar-refractivity contribution in [2.24, 2.45) is 5.92 Å². The molecule has 4 heteroatoms. The first-order chi connectivity index (χ1) is 6.70. The van der Waals surface area contributed by atoms with E-state index < -0.39 is 13.0 Å². The molecule has 1 unspecified atom stereocenters. The molecule has 1 atom stereocenters. The molecule has 1 saturated carbocycles. The van der Waals surface area contributed by atoms with Crippen molar-refractivity contribution in [1.82, 2.24) is 0 Å². The van der Waals surface area contributed by atoms with Crippen LogP contribution in [0.1, 0.15) is 32.1 Å². The van der Waals surface area contributed by atoms with Crippen molar-refractivity contribution in [3.63, 3.8) is 0 Å². The Hall–Kier alpha value is -0.220. The molecule has 0 aromatic heterocycles. The first-order valence-corrected chi connectivity index (χ1v) is 5.24. The number of aliphatic hydroxyl groups is 1. The van der Waals surface area contributed by atoms with Gasteiger partial charge in [0.25, 0.3) is 6.43 Å². The number of alkyl halides is 2. The highest BCUT2D eigenvalue weighted by Gasteiger charge is 2.22. The Bertz CT molecular complexity index is 147. The van der Waals surface area contributed by atoms with Crippen LogP contribution in [0, 0.1) is 5.92 Å². The molecule has 1 N–H and O–H groups in total.